The van der Waals surface area contributed by atoms with Gasteiger partial charge >= 0.3 is 0 Å². The molecule has 0 aliphatic heterocycles. The summed E-state index contributed by atoms with van der Waals surface area (Å²) in [5.74, 6) is 0. The summed E-state index contributed by atoms with van der Waals surface area (Å²) in [4.78, 5) is 0. The van der Waals surface area contributed by atoms with Gasteiger partial charge in [-0.15, -0.1) is 0 Å². The molecule has 0 atom stereocenters. The summed E-state index contributed by atoms with van der Waals surface area (Å²) in [6.07, 6.45) is 4.18. The first-order valence-electron chi connectivity index (χ1n) is 7.46. The van der Waals surface area contributed by atoms with Crippen LogP contribution in [0.3, 0.4) is 0 Å². The van der Waals surface area contributed by atoms with Gasteiger partial charge < -0.3 is 10.4 Å². The maximum absolute atomic E-state index is 8.82. The molecule has 110 valence electrons. The van der Waals surface area contributed by atoms with Crippen molar-refractivity contribution in [3.63, 3.8) is 0 Å². The van der Waals surface area contributed by atoms with Gasteiger partial charge in [0.1, 0.15) is 0 Å². The Hall–Kier alpha value is -1.90. The summed E-state index contributed by atoms with van der Waals surface area (Å²) in [6.45, 7) is 1.62. The summed E-state index contributed by atoms with van der Waals surface area (Å²) in [5, 5.41) is 12.0. The maximum Gasteiger partial charge on any atom is 0.0556 e. The van der Waals surface area contributed by atoms with Crippen molar-refractivity contribution in [3.8, 4) is 0 Å². The van der Waals surface area contributed by atoms with E-state index in [9.17, 15) is 0 Å². The molecule has 2 rings (SSSR count). The fourth-order valence-corrected chi connectivity index (χ4v) is 2.32. The van der Waals surface area contributed by atoms with E-state index in [-0.39, 0.29) is 6.61 Å². The Kier molecular flexibility index (Phi) is 6.72. The van der Waals surface area contributed by atoms with Gasteiger partial charge in [0.2, 0.25) is 0 Å². The van der Waals surface area contributed by atoms with Crippen LogP contribution in [0.1, 0.15) is 11.1 Å². The van der Waals surface area contributed by atoms with E-state index in [0.29, 0.717) is 6.54 Å². The normalized spacial score (nSPS) is 10.3. The first kappa shape index (κ1) is 15.5. The van der Waals surface area contributed by atoms with Crippen LogP contribution in [0, 0.1) is 0 Å². The first-order valence-corrected chi connectivity index (χ1v) is 7.46. The summed E-state index contributed by atoms with van der Waals surface area (Å²) in [6, 6.07) is 21.1. The molecule has 0 saturated carbocycles. The minimum Gasteiger partial charge on any atom is -0.395 e. The maximum atomic E-state index is 8.82. The highest BCUT2D eigenvalue weighted by molar-refractivity contribution is 5.27. The third-order valence-corrected chi connectivity index (χ3v) is 3.37. The van der Waals surface area contributed by atoms with Crippen LogP contribution < -0.4 is 5.32 Å². The molecule has 0 spiro atoms. The summed E-state index contributed by atoms with van der Waals surface area (Å²) in [5.41, 5.74) is 4.07. The zero-order chi connectivity index (χ0) is 14.8. The number of nitrogens with one attached hydrogen (secondary N) is 1. The van der Waals surface area contributed by atoms with E-state index in [2.05, 4.69) is 59.9 Å². The first-order chi connectivity index (χ1) is 10.4. The van der Waals surface area contributed by atoms with Crippen LogP contribution in [-0.4, -0.2) is 24.8 Å². The van der Waals surface area contributed by atoms with E-state index in [1.54, 1.807) is 0 Å². The van der Waals surface area contributed by atoms with Gasteiger partial charge in [0.15, 0.2) is 0 Å². The number of aliphatic hydroxyl groups is 1. The van der Waals surface area contributed by atoms with E-state index in [1.165, 1.54) is 16.7 Å². The van der Waals surface area contributed by atoms with Crippen molar-refractivity contribution >= 4 is 0 Å². The van der Waals surface area contributed by atoms with E-state index in [0.717, 1.165) is 19.4 Å². The lowest BCUT2D eigenvalue weighted by molar-refractivity contribution is 0.294. The second kappa shape index (κ2) is 9.11. The fourth-order valence-electron chi connectivity index (χ4n) is 2.32. The molecule has 0 radical (unpaired) electrons. The highest BCUT2D eigenvalue weighted by Crippen LogP contribution is 2.13. The van der Waals surface area contributed by atoms with Gasteiger partial charge in [0.05, 0.1) is 6.61 Å². The van der Waals surface area contributed by atoms with Gasteiger partial charge in [-0.2, -0.15) is 0 Å². The zero-order valence-corrected chi connectivity index (χ0v) is 12.3. The number of hydrogen-bond acceptors (Lipinski definition) is 2. The van der Waals surface area contributed by atoms with E-state index in [4.69, 9.17) is 5.11 Å². The molecule has 21 heavy (non-hydrogen) atoms. The van der Waals surface area contributed by atoms with E-state index < -0.39 is 0 Å². The van der Waals surface area contributed by atoms with Crippen LogP contribution in [0.25, 0.3) is 0 Å². The Bertz CT molecular complexity index is 491. The van der Waals surface area contributed by atoms with Gasteiger partial charge in [-0.3, -0.25) is 0 Å². The van der Waals surface area contributed by atoms with Crippen molar-refractivity contribution in [2.75, 3.05) is 19.7 Å². The summed E-state index contributed by atoms with van der Waals surface area (Å²) < 4.78 is 0. The molecule has 0 heterocycles. The van der Waals surface area contributed by atoms with Gasteiger partial charge in [-0.25, -0.2) is 0 Å². The molecule has 0 aliphatic carbocycles. The molecule has 0 bridgehead atoms. The Morgan fingerprint density at radius 1 is 0.857 bits per heavy atom. The predicted octanol–water partition coefficient (Wildman–Crippen LogP) is 2.98. The standard InChI is InChI=1S/C19H23NO/c21-14-13-20-12-11-19(15-17-7-3-1-4-8-17)16-18-9-5-2-6-10-18/h1-11,20-21H,12-16H2. The second-order valence-electron chi connectivity index (χ2n) is 5.11. The van der Waals surface area contributed by atoms with Gasteiger partial charge in [-0.1, -0.05) is 72.3 Å². The van der Waals surface area contributed by atoms with Crippen molar-refractivity contribution in [2.45, 2.75) is 12.8 Å². The molecule has 0 aliphatic rings. The van der Waals surface area contributed by atoms with Crippen LogP contribution in [0.2, 0.25) is 0 Å². The number of hydrogen-bond donors (Lipinski definition) is 2. The summed E-state index contributed by atoms with van der Waals surface area (Å²) in [7, 11) is 0. The number of allylic oxidation sites excluding steroid dienone is 1. The predicted molar refractivity (Wildman–Crippen MR) is 88.3 cm³/mol. The molecular weight excluding hydrogens is 258 g/mol. The minimum atomic E-state index is 0.181. The van der Waals surface area contributed by atoms with Crippen molar-refractivity contribution in [2.24, 2.45) is 0 Å². The van der Waals surface area contributed by atoms with Gasteiger partial charge in [-0.05, 0) is 24.0 Å². The highest BCUT2D eigenvalue weighted by Gasteiger charge is 2.01. The minimum absolute atomic E-state index is 0.181. The molecule has 0 amide bonds. The lowest BCUT2D eigenvalue weighted by Gasteiger charge is -2.09. The largest absolute Gasteiger partial charge is 0.395 e. The SMILES string of the molecule is OCCNCC=C(Cc1ccccc1)Cc1ccccc1. The monoisotopic (exact) mass is 281 g/mol. The Morgan fingerprint density at radius 3 is 1.86 bits per heavy atom. The van der Waals surface area contributed by atoms with Crippen LogP contribution in [0.15, 0.2) is 72.3 Å². The Balaban J connectivity index is 2.03. The third kappa shape index (κ3) is 5.94. The lowest BCUT2D eigenvalue weighted by atomic mass is 9.98. The van der Waals surface area contributed by atoms with Crippen LogP contribution in [0.5, 0.6) is 0 Å². The van der Waals surface area contributed by atoms with Gasteiger partial charge in [0, 0.05) is 13.1 Å². The van der Waals surface area contributed by atoms with Crippen molar-refractivity contribution < 1.29 is 5.11 Å². The lowest BCUT2D eigenvalue weighted by Crippen LogP contribution is -2.18. The molecular formula is C19H23NO. The van der Waals surface area contributed by atoms with E-state index in [1.807, 2.05) is 12.1 Å². The van der Waals surface area contributed by atoms with Crippen molar-refractivity contribution in [1.82, 2.24) is 5.32 Å². The fraction of sp³-hybridized carbons (Fsp3) is 0.263. The molecule has 0 aromatic heterocycles. The Morgan fingerprint density at radius 2 is 1.38 bits per heavy atom. The Labute approximate surface area is 127 Å². The van der Waals surface area contributed by atoms with Crippen LogP contribution in [0.4, 0.5) is 0 Å². The molecule has 2 aromatic carbocycles. The molecule has 0 saturated heterocycles. The second-order valence-corrected chi connectivity index (χ2v) is 5.11. The zero-order valence-electron chi connectivity index (χ0n) is 12.3. The number of benzene rings is 2. The van der Waals surface area contributed by atoms with Crippen LogP contribution in [-0.2, 0) is 12.8 Å². The summed E-state index contributed by atoms with van der Waals surface area (Å²) >= 11 is 0. The topological polar surface area (TPSA) is 32.3 Å². The molecule has 0 unspecified atom stereocenters. The molecule has 2 aromatic rings. The average molecular weight is 281 g/mol. The molecule has 0 fully saturated rings. The smallest absolute Gasteiger partial charge is 0.0556 e. The van der Waals surface area contributed by atoms with E-state index >= 15 is 0 Å². The highest BCUT2D eigenvalue weighted by atomic mass is 16.3. The van der Waals surface area contributed by atoms with Crippen molar-refractivity contribution in [1.29, 1.82) is 0 Å². The van der Waals surface area contributed by atoms with Gasteiger partial charge in [0.25, 0.3) is 0 Å². The molecule has 2 nitrogen and oxygen atoms in total. The average Bonchev–Trinajstić information content (AvgIpc) is 2.53. The van der Waals surface area contributed by atoms with Crippen molar-refractivity contribution in [3.05, 3.63) is 83.4 Å². The third-order valence-electron chi connectivity index (χ3n) is 3.37. The molecule has 2 heteroatoms. The number of rotatable bonds is 8. The number of aliphatic hydroxyl groups excluding tert-OH is 1. The quantitative estimate of drug-likeness (QED) is 0.576. The van der Waals surface area contributed by atoms with Crippen LogP contribution >= 0.6 is 0 Å². The molecule has 2 N–H and O–H groups in total.